The lowest BCUT2D eigenvalue weighted by Crippen LogP contribution is -2.28. The summed E-state index contributed by atoms with van der Waals surface area (Å²) in [6, 6.07) is 19.5. The van der Waals surface area contributed by atoms with E-state index in [-0.39, 0.29) is 17.2 Å². The van der Waals surface area contributed by atoms with Gasteiger partial charge in [-0.15, -0.1) is 17.9 Å². The predicted molar refractivity (Wildman–Crippen MR) is 140 cm³/mol. The fourth-order valence-corrected chi connectivity index (χ4v) is 5.54. The Morgan fingerprint density at radius 2 is 2.00 bits per heavy atom. The molecule has 0 unspecified atom stereocenters. The summed E-state index contributed by atoms with van der Waals surface area (Å²) in [5, 5.41) is 1.10. The van der Waals surface area contributed by atoms with Crippen molar-refractivity contribution < 1.29 is 9.53 Å². The van der Waals surface area contributed by atoms with Gasteiger partial charge in [0.1, 0.15) is 10.6 Å². The van der Waals surface area contributed by atoms with Crippen LogP contribution in [0.4, 0.5) is 0 Å². The molecule has 1 amide bonds. The van der Waals surface area contributed by atoms with Crippen LogP contribution in [0.15, 0.2) is 83.3 Å². The van der Waals surface area contributed by atoms with E-state index in [9.17, 15) is 9.59 Å². The molecular weight excluding hydrogens is 466 g/mol. The molecule has 34 heavy (non-hydrogen) atoms. The molecule has 0 fully saturated rings. The van der Waals surface area contributed by atoms with E-state index >= 15 is 0 Å². The number of fused-ring (bicyclic) bond motifs is 1. The lowest BCUT2D eigenvalue weighted by Gasteiger charge is -2.18. The lowest BCUT2D eigenvalue weighted by molar-refractivity contribution is -0.127. The van der Waals surface area contributed by atoms with Crippen LogP contribution in [0.25, 0.3) is 20.7 Å². The number of carbonyl (C=O) groups excluding carboxylic acids is 1. The SMILES string of the molecule is C=CCn1c(SCC(=O)N(C)Cc2cccc(OC)c2)nc2sc(-c3ccccc3)cc2c1=O. The average molecular weight is 492 g/mol. The highest BCUT2D eigenvalue weighted by atomic mass is 32.2. The predicted octanol–water partition coefficient (Wildman–Crippen LogP) is 5.07. The molecule has 0 spiro atoms. The molecule has 4 aromatic rings. The van der Waals surface area contributed by atoms with Crippen LogP contribution in [0.2, 0.25) is 0 Å². The lowest BCUT2D eigenvalue weighted by atomic mass is 10.2. The number of thioether (sulfide) groups is 1. The van der Waals surface area contributed by atoms with Crippen molar-refractivity contribution in [2.75, 3.05) is 19.9 Å². The van der Waals surface area contributed by atoms with Gasteiger partial charge in [0, 0.05) is 25.0 Å². The molecule has 0 radical (unpaired) electrons. The second kappa shape index (κ2) is 10.7. The van der Waals surface area contributed by atoms with Crippen molar-refractivity contribution in [3.8, 4) is 16.2 Å². The number of benzene rings is 2. The van der Waals surface area contributed by atoms with Crippen LogP contribution in [0, 0.1) is 0 Å². The number of carbonyl (C=O) groups is 1. The largest absolute Gasteiger partial charge is 0.497 e. The van der Waals surface area contributed by atoms with E-state index in [1.54, 1.807) is 29.7 Å². The molecule has 0 bridgehead atoms. The smallest absolute Gasteiger partial charge is 0.263 e. The summed E-state index contributed by atoms with van der Waals surface area (Å²) < 4.78 is 6.84. The zero-order chi connectivity index (χ0) is 24.1. The molecule has 8 heteroatoms. The van der Waals surface area contributed by atoms with E-state index in [2.05, 4.69) is 6.58 Å². The highest BCUT2D eigenvalue weighted by molar-refractivity contribution is 7.99. The third-order valence-electron chi connectivity index (χ3n) is 5.29. The van der Waals surface area contributed by atoms with Gasteiger partial charge in [0.15, 0.2) is 5.16 Å². The first-order valence-electron chi connectivity index (χ1n) is 10.7. The van der Waals surface area contributed by atoms with Gasteiger partial charge in [0.2, 0.25) is 5.91 Å². The molecule has 174 valence electrons. The molecule has 4 rings (SSSR count). The number of aromatic nitrogens is 2. The summed E-state index contributed by atoms with van der Waals surface area (Å²) in [5.74, 6) is 0.875. The first kappa shape index (κ1) is 23.8. The summed E-state index contributed by atoms with van der Waals surface area (Å²) in [7, 11) is 3.38. The van der Waals surface area contributed by atoms with E-state index < -0.39 is 0 Å². The Morgan fingerprint density at radius 1 is 1.21 bits per heavy atom. The molecule has 6 nitrogen and oxygen atoms in total. The van der Waals surface area contributed by atoms with Gasteiger partial charge in [-0.1, -0.05) is 60.3 Å². The van der Waals surface area contributed by atoms with Gasteiger partial charge in [0.25, 0.3) is 5.56 Å². The Balaban J connectivity index is 1.55. The summed E-state index contributed by atoms with van der Waals surface area (Å²) >= 11 is 2.75. The Kier molecular flexibility index (Phi) is 7.49. The molecule has 2 aromatic carbocycles. The molecular formula is C26H25N3O3S2. The standard InChI is InChI=1S/C26H25N3O3S2/c1-4-13-29-25(31)21-15-22(19-10-6-5-7-11-19)34-24(21)27-26(29)33-17-23(30)28(2)16-18-9-8-12-20(14-18)32-3/h4-12,14-15H,1,13,16-17H2,2-3H3. The van der Waals surface area contributed by atoms with Crippen molar-refractivity contribution in [3.63, 3.8) is 0 Å². The number of nitrogens with zero attached hydrogens (tertiary/aromatic N) is 3. The van der Waals surface area contributed by atoms with Crippen molar-refractivity contribution in [1.82, 2.24) is 14.5 Å². The Hall–Kier alpha value is -3.36. The van der Waals surface area contributed by atoms with Crippen LogP contribution in [0.3, 0.4) is 0 Å². The molecule has 0 aliphatic heterocycles. The first-order valence-corrected chi connectivity index (χ1v) is 12.5. The first-order chi connectivity index (χ1) is 16.5. The number of amides is 1. The van der Waals surface area contributed by atoms with E-state index in [1.807, 2.05) is 60.7 Å². The number of methoxy groups -OCH3 is 1. The molecule has 2 aromatic heterocycles. The van der Waals surface area contributed by atoms with Gasteiger partial charge >= 0.3 is 0 Å². The van der Waals surface area contributed by atoms with Gasteiger partial charge in [-0.25, -0.2) is 4.98 Å². The summed E-state index contributed by atoms with van der Waals surface area (Å²) in [5.41, 5.74) is 1.90. The van der Waals surface area contributed by atoms with Gasteiger partial charge in [0.05, 0.1) is 18.2 Å². The number of ether oxygens (including phenoxy) is 1. The number of hydrogen-bond acceptors (Lipinski definition) is 6. The minimum atomic E-state index is -0.122. The zero-order valence-corrected chi connectivity index (χ0v) is 20.7. The van der Waals surface area contributed by atoms with Gasteiger partial charge in [-0.05, 0) is 29.3 Å². The third kappa shape index (κ3) is 5.24. The molecule has 0 N–H and O–H groups in total. The summed E-state index contributed by atoms with van der Waals surface area (Å²) in [6.07, 6.45) is 1.67. The van der Waals surface area contributed by atoms with Crippen molar-refractivity contribution in [2.45, 2.75) is 18.2 Å². The molecule has 2 heterocycles. The Labute approximate surface area is 206 Å². The highest BCUT2D eigenvalue weighted by Gasteiger charge is 2.17. The summed E-state index contributed by atoms with van der Waals surface area (Å²) in [4.78, 5) is 34.1. The minimum absolute atomic E-state index is 0.0523. The summed E-state index contributed by atoms with van der Waals surface area (Å²) in [6.45, 7) is 4.57. The average Bonchev–Trinajstić information content (AvgIpc) is 3.29. The zero-order valence-electron chi connectivity index (χ0n) is 19.1. The quantitative estimate of drug-likeness (QED) is 0.186. The second-order valence-electron chi connectivity index (χ2n) is 7.68. The van der Waals surface area contributed by atoms with E-state index in [4.69, 9.17) is 9.72 Å². The van der Waals surface area contributed by atoms with Crippen LogP contribution < -0.4 is 10.3 Å². The van der Waals surface area contributed by atoms with Crippen LogP contribution in [0.5, 0.6) is 5.75 Å². The topological polar surface area (TPSA) is 64.4 Å². The Bertz CT molecular complexity index is 1380. The normalized spacial score (nSPS) is 10.9. The number of hydrogen-bond donors (Lipinski definition) is 0. The monoisotopic (exact) mass is 491 g/mol. The Morgan fingerprint density at radius 3 is 2.74 bits per heavy atom. The maximum atomic E-state index is 13.2. The van der Waals surface area contributed by atoms with Gasteiger partial charge < -0.3 is 9.64 Å². The van der Waals surface area contributed by atoms with Gasteiger partial charge in [-0.3, -0.25) is 14.2 Å². The molecule has 0 aliphatic rings. The molecule has 0 saturated heterocycles. The number of rotatable bonds is 9. The van der Waals surface area contributed by atoms with E-state index in [1.165, 1.54) is 23.1 Å². The van der Waals surface area contributed by atoms with E-state index in [0.29, 0.717) is 28.5 Å². The molecule has 0 aliphatic carbocycles. The van der Waals surface area contributed by atoms with Crippen LogP contribution in [-0.2, 0) is 17.9 Å². The third-order valence-corrected chi connectivity index (χ3v) is 7.33. The van der Waals surface area contributed by atoms with Crippen molar-refractivity contribution in [1.29, 1.82) is 0 Å². The van der Waals surface area contributed by atoms with Crippen LogP contribution >= 0.6 is 23.1 Å². The number of thiophene rings is 1. The van der Waals surface area contributed by atoms with Gasteiger partial charge in [-0.2, -0.15) is 0 Å². The van der Waals surface area contributed by atoms with Crippen LogP contribution in [-0.4, -0.2) is 40.3 Å². The van der Waals surface area contributed by atoms with Crippen molar-refractivity contribution in [3.05, 3.63) is 89.2 Å². The molecule has 0 saturated carbocycles. The maximum absolute atomic E-state index is 13.2. The van der Waals surface area contributed by atoms with Crippen molar-refractivity contribution in [2.24, 2.45) is 0 Å². The second-order valence-corrected chi connectivity index (χ2v) is 9.66. The minimum Gasteiger partial charge on any atom is -0.497 e. The fraction of sp³-hybridized carbons (Fsp3) is 0.192. The van der Waals surface area contributed by atoms with Crippen molar-refractivity contribution >= 4 is 39.2 Å². The fourth-order valence-electron chi connectivity index (χ4n) is 3.51. The highest BCUT2D eigenvalue weighted by Crippen LogP contribution is 2.32. The maximum Gasteiger partial charge on any atom is 0.263 e. The van der Waals surface area contributed by atoms with Crippen LogP contribution in [0.1, 0.15) is 5.56 Å². The molecule has 0 atom stereocenters. The van der Waals surface area contributed by atoms with E-state index in [0.717, 1.165) is 21.8 Å². The number of allylic oxidation sites excluding steroid dienone is 1.